The molecule has 0 spiro atoms. The maximum atomic E-state index is 12.5. The van der Waals surface area contributed by atoms with Gasteiger partial charge in [0.15, 0.2) is 0 Å². The molecule has 0 saturated heterocycles. The highest BCUT2D eigenvalue weighted by molar-refractivity contribution is 5.69. The molecule has 0 aliphatic heterocycles. The summed E-state index contributed by atoms with van der Waals surface area (Å²) in [7, 11) is 0. The van der Waals surface area contributed by atoms with Crippen molar-refractivity contribution in [3.8, 4) is 0 Å². The Bertz CT molecular complexity index is 923. The van der Waals surface area contributed by atoms with Gasteiger partial charge >= 0.3 is 5.97 Å². The second kappa shape index (κ2) is 20.6. The number of rotatable bonds is 23. The van der Waals surface area contributed by atoms with Crippen molar-refractivity contribution in [2.24, 2.45) is 64.1 Å². The normalized spacial score (nSPS) is 32.5. The summed E-state index contributed by atoms with van der Waals surface area (Å²) in [5.74, 6) is 8.03. The number of carbonyl (C=O) groups is 1. The van der Waals surface area contributed by atoms with E-state index < -0.39 is 0 Å². The van der Waals surface area contributed by atoms with E-state index in [-0.39, 0.29) is 5.97 Å². The van der Waals surface area contributed by atoms with E-state index in [2.05, 4.69) is 48.5 Å². The van der Waals surface area contributed by atoms with Crippen molar-refractivity contribution in [2.75, 3.05) is 6.61 Å². The number of ether oxygens (including phenoxy) is 1. The van der Waals surface area contributed by atoms with Crippen LogP contribution in [-0.4, -0.2) is 12.6 Å². The summed E-state index contributed by atoms with van der Waals surface area (Å²) < 4.78 is 5.79. The highest BCUT2D eigenvalue weighted by Crippen LogP contribution is 2.68. The van der Waals surface area contributed by atoms with E-state index in [9.17, 15) is 4.79 Å². The minimum atomic E-state index is 0.0425. The molecule has 286 valence electrons. The maximum Gasteiger partial charge on any atom is 0.305 e. The molecule has 0 N–H and O–H groups in total. The Morgan fingerprint density at radius 2 is 1.24 bits per heavy atom. The summed E-state index contributed by atoms with van der Waals surface area (Å²) in [6.07, 6.45) is 36.9. The van der Waals surface area contributed by atoms with Crippen LogP contribution >= 0.6 is 0 Å². The first-order chi connectivity index (χ1) is 23.6. The molecule has 4 aliphatic carbocycles. The van der Waals surface area contributed by atoms with Crippen LogP contribution in [0.5, 0.6) is 0 Å². The van der Waals surface area contributed by atoms with E-state index in [4.69, 9.17) is 4.74 Å². The molecule has 0 aromatic carbocycles. The second-order valence-electron chi connectivity index (χ2n) is 19.9. The molecular weight excluding hydrogens is 597 g/mol. The van der Waals surface area contributed by atoms with Crippen molar-refractivity contribution in [3.63, 3.8) is 0 Å². The number of hydrogen-bond donors (Lipinski definition) is 0. The summed E-state index contributed by atoms with van der Waals surface area (Å²) in [5.41, 5.74) is 1.24. The van der Waals surface area contributed by atoms with Crippen LogP contribution in [0.1, 0.15) is 222 Å². The third-order valence-electron chi connectivity index (χ3n) is 15.9. The van der Waals surface area contributed by atoms with E-state index in [0.29, 0.717) is 35.7 Å². The summed E-state index contributed by atoms with van der Waals surface area (Å²) >= 11 is 0. The highest BCUT2D eigenvalue weighted by atomic mass is 16.5. The highest BCUT2D eigenvalue weighted by Gasteiger charge is 2.60. The fourth-order valence-corrected chi connectivity index (χ4v) is 12.7. The smallest absolute Gasteiger partial charge is 0.305 e. The van der Waals surface area contributed by atoms with Gasteiger partial charge in [0.2, 0.25) is 0 Å². The Balaban J connectivity index is 1.05. The number of carbonyl (C=O) groups excluding carboxylic acids is 1. The molecular formula is C47H86O2. The molecule has 0 bridgehead atoms. The lowest BCUT2D eigenvalue weighted by atomic mass is 9.44. The van der Waals surface area contributed by atoms with Crippen LogP contribution in [-0.2, 0) is 9.53 Å². The van der Waals surface area contributed by atoms with Gasteiger partial charge in [-0.3, -0.25) is 4.79 Å². The fourth-order valence-electron chi connectivity index (χ4n) is 12.7. The van der Waals surface area contributed by atoms with Crippen molar-refractivity contribution >= 4 is 5.97 Å². The lowest BCUT2D eigenvalue weighted by Crippen LogP contribution is -2.53. The van der Waals surface area contributed by atoms with Crippen LogP contribution in [0.15, 0.2) is 0 Å². The predicted octanol–water partition coefficient (Wildman–Crippen LogP) is 14.8. The third kappa shape index (κ3) is 11.7. The van der Waals surface area contributed by atoms with Gasteiger partial charge in [-0.1, -0.05) is 145 Å². The molecule has 0 aromatic rings. The molecule has 0 amide bonds. The van der Waals surface area contributed by atoms with Crippen molar-refractivity contribution in [3.05, 3.63) is 0 Å². The lowest BCUT2D eigenvalue weighted by molar-refractivity contribution is -0.144. The standard InChI is InChI=1S/C47H86O2/c1-36(2)22-18-16-14-12-10-8-9-11-13-15-17-19-24-45(48)49-35-32-39(37(3)4)26-25-38(5)42-29-30-43-41-28-27-40-23-20-21-33-46(40,6)44(41)31-34-47(42,43)7/h36-44H,8-35H2,1-7H3/t38-,39+,40?,41+,42-,43+,44+,46+,47-/m1/s1. The Hall–Kier alpha value is -0.530. The number of hydrogen-bond acceptors (Lipinski definition) is 2. The van der Waals surface area contributed by atoms with E-state index in [1.165, 1.54) is 148 Å². The van der Waals surface area contributed by atoms with Crippen LogP contribution < -0.4 is 0 Å². The maximum absolute atomic E-state index is 12.5. The van der Waals surface area contributed by atoms with Gasteiger partial charge in [-0.15, -0.1) is 0 Å². The SMILES string of the molecule is CC(C)CCCCCCCCCCCCCCC(=O)OCC[C@H](CC[C@@H](C)[C@H]1CC[C@H]2[C@@H]3CCC4CCCC[C@]4(C)[C@H]3CC[C@]12C)C(C)C. The summed E-state index contributed by atoms with van der Waals surface area (Å²) in [5, 5.41) is 0. The molecule has 9 atom stereocenters. The molecule has 0 radical (unpaired) electrons. The van der Waals surface area contributed by atoms with Crippen LogP contribution in [0.3, 0.4) is 0 Å². The van der Waals surface area contributed by atoms with Gasteiger partial charge in [-0.05, 0) is 135 Å². The number of fused-ring (bicyclic) bond motifs is 5. The zero-order valence-corrected chi connectivity index (χ0v) is 34.3. The van der Waals surface area contributed by atoms with Gasteiger partial charge in [0.1, 0.15) is 0 Å². The zero-order chi connectivity index (χ0) is 35.3. The summed E-state index contributed by atoms with van der Waals surface area (Å²) in [6, 6.07) is 0. The first-order valence-electron chi connectivity index (χ1n) is 22.7. The molecule has 0 heterocycles. The van der Waals surface area contributed by atoms with Gasteiger partial charge in [0.25, 0.3) is 0 Å². The molecule has 4 aliphatic rings. The monoisotopic (exact) mass is 683 g/mol. The lowest BCUT2D eigenvalue weighted by Gasteiger charge is -2.61. The Kier molecular flexibility index (Phi) is 17.4. The second-order valence-corrected chi connectivity index (χ2v) is 19.9. The van der Waals surface area contributed by atoms with E-state index in [0.717, 1.165) is 54.3 Å². The molecule has 1 unspecified atom stereocenters. The Morgan fingerprint density at radius 3 is 1.90 bits per heavy atom. The predicted molar refractivity (Wildman–Crippen MR) is 212 cm³/mol. The minimum Gasteiger partial charge on any atom is -0.466 e. The van der Waals surface area contributed by atoms with E-state index >= 15 is 0 Å². The van der Waals surface area contributed by atoms with Gasteiger partial charge in [0, 0.05) is 6.42 Å². The first-order valence-corrected chi connectivity index (χ1v) is 22.7. The molecule has 2 heteroatoms. The van der Waals surface area contributed by atoms with Crippen molar-refractivity contribution in [1.29, 1.82) is 0 Å². The Labute approximate surface area is 307 Å². The van der Waals surface area contributed by atoms with Crippen LogP contribution in [0.2, 0.25) is 0 Å². The van der Waals surface area contributed by atoms with E-state index in [1.54, 1.807) is 6.42 Å². The quantitative estimate of drug-likeness (QED) is 0.0792. The molecule has 4 saturated carbocycles. The van der Waals surface area contributed by atoms with Gasteiger partial charge in [0.05, 0.1) is 6.61 Å². The van der Waals surface area contributed by atoms with Crippen LogP contribution in [0, 0.1) is 64.1 Å². The van der Waals surface area contributed by atoms with Gasteiger partial charge in [-0.2, -0.15) is 0 Å². The zero-order valence-electron chi connectivity index (χ0n) is 34.3. The topological polar surface area (TPSA) is 26.3 Å². The van der Waals surface area contributed by atoms with Gasteiger partial charge in [-0.25, -0.2) is 0 Å². The average Bonchev–Trinajstić information content (AvgIpc) is 3.43. The van der Waals surface area contributed by atoms with Gasteiger partial charge < -0.3 is 4.74 Å². The Morgan fingerprint density at radius 1 is 0.612 bits per heavy atom. The minimum absolute atomic E-state index is 0.0425. The molecule has 4 rings (SSSR count). The largest absolute Gasteiger partial charge is 0.466 e. The van der Waals surface area contributed by atoms with E-state index in [1.807, 2.05) is 0 Å². The molecule has 49 heavy (non-hydrogen) atoms. The summed E-state index contributed by atoms with van der Waals surface area (Å²) in [4.78, 5) is 12.5. The van der Waals surface area contributed by atoms with Crippen molar-refractivity contribution in [1.82, 2.24) is 0 Å². The fraction of sp³-hybridized carbons (Fsp3) is 0.979. The first kappa shape index (κ1) is 41.2. The molecule has 4 fully saturated rings. The number of unbranched alkanes of at least 4 members (excludes halogenated alkanes) is 11. The molecule has 2 nitrogen and oxygen atoms in total. The van der Waals surface area contributed by atoms with Crippen molar-refractivity contribution in [2.45, 2.75) is 222 Å². The number of esters is 1. The van der Waals surface area contributed by atoms with Crippen molar-refractivity contribution < 1.29 is 9.53 Å². The molecule has 0 aromatic heterocycles. The van der Waals surface area contributed by atoms with Crippen LogP contribution in [0.25, 0.3) is 0 Å². The van der Waals surface area contributed by atoms with Crippen LogP contribution in [0.4, 0.5) is 0 Å². The third-order valence-corrected chi connectivity index (χ3v) is 15.9. The summed E-state index contributed by atoms with van der Waals surface area (Å²) in [6.45, 7) is 18.2. The average molecular weight is 683 g/mol.